The Morgan fingerprint density at radius 1 is 1.35 bits per heavy atom. The molecule has 116 valence electrons. The lowest BCUT2D eigenvalue weighted by Gasteiger charge is -2.27. The molecule has 1 unspecified atom stereocenters. The second-order valence-electron chi connectivity index (χ2n) is 5.56. The fourth-order valence-corrected chi connectivity index (χ4v) is 2.88. The Labute approximate surface area is 125 Å². The third-order valence-electron chi connectivity index (χ3n) is 4.14. The van der Waals surface area contributed by atoms with Gasteiger partial charge in [-0.15, -0.1) is 12.4 Å². The van der Waals surface area contributed by atoms with Crippen molar-refractivity contribution in [3.8, 4) is 0 Å². The molecule has 1 aliphatic carbocycles. The van der Waals surface area contributed by atoms with Gasteiger partial charge < -0.3 is 21.1 Å². The van der Waals surface area contributed by atoms with Gasteiger partial charge in [-0.1, -0.05) is 12.8 Å². The van der Waals surface area contributed by atoms with Crippen LogP contribution < -0.4 is 16.4 Å². The van der Waals surface area contributed by atoms with Crippen molar-refractivity contribution in [1.29, 1.82) is 0 Å². The largest absolute Gasteiger partial charge is 0.378 e. The van der Waals surface area contributed by atoms with E-state index in [1.807, 2.05) is 0 Å². The van der Waals surface area contributed by atoms with E-state index < -0.39 is 5.41 Å². The number of primary amides is 1. The van der Waals surface area contributed by atoms with E-state index in [-0.39, 0.29) is 30.3 Å². The van der Waals surface area contributed by atoms with Crippen molar-refractivity contribution >= 4 is 24.2 Å². The summed E-state index contributed by atoms with van der Waals surface area (Å²) in [5.41, 5.74) is 4.96. The Morgan fingerprint density at radius 2 is 2.05 bits per heavy atom. The van der Waals surface area contributed by atoms with E-state index >= 15 is 0 Å². The van der Waals surface area contributed by atoms with E-state index in [1.165, 1.54) is 0 Å². The van der Waals surface area contributed by atoms with Crippen LogP contribution in [0, 0.1) is 5.41 Å². The van der Waals surface area contributed by atoms with E-state index in [2.05, 4.69) is 10.6 Å². The molecule has 1 aliphatic heterocycles. The minimum Gasteiger partial charge on any atom is -0.378 e. The van der Waals surface area contributed by atoms with Gasteiger partial charge in [0.2, 0.25) is 11.8 Å². The number of rotatable bonds is 5. The standard InChI is InChI=1S/C13H23N3O3.ClH/c14-12(18)13(3-1-2-4-13)9-16-11(17)7-10-8-19-6-5-15-10;/h10,15H,1-9H2,(H2,14,18)(H,16,17);1H. The molecule has 0 spiro atoms. The zero-order valence-corrected chi connectivity index (χ0v) is 12.5. The minimum atomic E-state index is -0.522. The van der Waals surface area contributed by atoms with Crippen LogP contribution in [0.1, 0.15) is 32.1 Å². The molecule has 1 heterocycles. The number of hydrogen-bond donors (Lipinski definition) is 3. The molecule has 0 radical (unpaired) electrons. The quantitative estimate of drug-likeness (QED) is 0.664. The van der Waals surface area contributed by atoms with E-state index in [9.17, 15) is 9.59 Å². The predicted octanol–water partition coefficient (Wildman–Crippen LogP) is -0.0514. The lowest BCUT2D eigenvalue weighted by molar-refractivity contribution is -0.128. The molecule has 0 aromatic carbocycles. The summed E-state index contributed by atoms with van der Waals surface area (Å²) in [6.07, 6.45) is 3.98. The minimum absolute atomic E-state index is 0. The van der Waals surface area contributed by atoms with E-state index in [4.69, 9.17) is 10.5 Å². The average molecular weight is 306 g/mol. The third kappa shape index (κ3) is 4.33. The van der Waals surface area contributed by atoms with Crippen molar-refractivity contribution in [2.75, 3.05) is 26.3 Å². The Balaban J connectivity index is 0.00000200. The van der Waals surface area contributed by atoms with Crippen LogP contribution in [0.15, 0.2) is 0 Å². The van der Waals surface area contributed by atoms with Crippen molar-refractivity contribution in [1.82, 2.24) is 10.6 Å². The number of nitrogens with two attached hydrogens (primary N) is 1. The summed E-state index contributed by atoms with van der Waals surface area (Å²) in [7, 11) is 0. The van der Waals surface area contributed by atoms with Crippen molar-refractivity contribution in [3.63, 3.8) is 0 Å². The fourth-order valence-electron chi connectivity index (χ4n) is 2.88. The molecule has 0 aromatic heterocycles. The van der Waals surface area contributed by atoms with Gasteiger partial charge in [0.25, 0.3) is 0 Å². The van der Waals surface area contributed by atoms with E-state index in [1.54, 1.807) is 0 Å². The highest BCUT2D eigenvalue weighted by molar-refractivity contribution is 5.85. The number of carbonyl (C=O) groups excluding carboxylic acids is 2. The maximum absolute atomic E-state index is 11.9. The monoisotopic (exact) mass is 305 g/mol. The van der Waals surface area contributed by atoms with Gasteiger partial charge in [-0.2, -0.15) is 0 Å². The summed E-state index contributed by atoms with van der Waals surface area (Å²) in [6.45, 7) is 2.41. The van der Waals surface area contributed by atoms with Crippen molar-refractivity contribution in [2.45, 2.75) is 38.1 Å². The first-order chi connectivity index (χ1) is 9.12. The molecule has 2 fully saturated rings. The highest BCUT2D eigenvalue weighted by Gasteiger charge is 2.39. The smallest absolute Gasteiger partial charge is 0.225 e. The summed E-state index contributed by atoms with van der Waals surface area (Å²) in [5.74, 6) is -0.333. The third-order valence-corrected chi connectivity index (χ3v) is 4.14. The van der Waals surface area contributed by atoms with Crippen LogP contribution >= 0.6 is 12.4 Å². The number of halogens is 1. The number of amides is 2. The Hall–Kier alpha value is -0.850. The zero-order valence-electron chi connectivity index (χ0n) is 11.7. The molecule has 2 rings (SSSR count). The summed E-state index contributed by atoms with van der Waals surface area (Å²) in [5, 5.41) is 6.09. The summed E-state index contributed by atoms with van der Waals surface area (Å²) in [6, 6.07) is 0.0712. The predicted molar refractivity (Wildman–Crippen MR) is 77.6 cm³/mol. The van der Waals surface area contributed by atoms with E-state index in [0.29, 0.717) is 26.2 Å². The van der Waals surface area contributed by atoms with Gasteiger partial charge in [0.1, 0.15) is 0 Å². The number of carbonyl (C=O) groups is 2. The molecule has 6 nitrogen and oxygen atoms in total. The van der Waals surface area contributed by atoms with Gasteiger partial charge in [0.15, 0.2) is 0 Å². The maximum atomic E-state index is 11.9. The zero-order chi connectivity index (χ0) is 13.7. The first-order valence-corrected chi connectivity index (χ1v) is 7.00. The number of hydrogen-bond acceptors (Lipinski definition) is 4. The van der Waals surface area contributed by atoms with Gasteiger partial charge in [0, 0.05) is 25.6 Å². The van der Waals surface area contributed by atoms with Crippen LogP contribution in [-0.2, 0) is 14.3 Å². The Bertz CT molecular complexity index is 340. The summed E-state index contributed by atoms with van der Waals surface area (Å²) in [4.78, 5) is 23.4. The second kappa shape index (κ2) is 7.81. The lowest BCUT2D eigenvalue weighted by atomic mass is 9.85. The molecular weight excluding hydrogens is 282 g/mol. The van der Waals surface area contributed by atoms with Crippen molar-refractivity contribution in [3.05, 3.63) is 0 Å². The molecule has 2 amide bonds. The van der Waals surface area contributed by atoms with E-state index in [0.717, 1.165) is 32.2 Å². The first kappa shape index (κ1) is 17.2. The second-order valence-corrected chi connectivity index (χ2v) is 5.56. The fraction of sp³-hybridized carbons (Fsp3) is 0.846. The van der Waals surface area contributed by atoms with Gasteiger partial charge in [0.05, 0.1) is 18.6 Å². The van der Waals surface area contributed by atoms with Crippen molar-refractivity contribution in [2.24, 2.45) is 11.1 Å². The van der Waals surface area contributed by atoms with Gasteiger partial charge in [-0.25, -0.2) is 0 Å². The molecule has 2 aliphatic rings. The number of morpholine rings is 1. The number of nitrogens with one attached hydrogen (secondary N) is 2. The first-order valence-electron chi connectivity index (χ1n) is 7.00. The molecule has 7 heteroatoms. The van der Waals surface area contributed by atoms with Crippen LogP contribution in [0.3, 0.4) is 0 Å². The summed E-state index contributed by atoms with van der Waals surface area (Å²) >= 11 is 0. The summed E-state index contributed by atoms with van der Waals surface area (Å²) < 4.78 is 5.30. The highest BCUT2D eigenvalue weighted by atomic mass is 35.5. The Kier molecular flexibility index (Phi) is 6.71. The molecular formula is C13H24ClN3O3. The van der Waals surface area contributed by atoms with Gasteiger partial charge in [-0.3, -0.25) is 9.59 Å². The van der Waals surface area contributed by atoms with Crippen LogP contribution in [0.4, 0.5) is 0 Å². The highest BCUT2D eigenvalue weighted by Crippen LogP contribution is 2.37. The molecule has 1 saturated carbocycles. The molecule has 20 heavy (non-hydrogen) atoms. The average Bonchev–Trinajstić information content (AvgIpc) is 2.88. The topological polar surface area (TPSA) is 93.5 Å². The normalized spacial score (nSPS) is 24.7. The van der Waals surface area contributed by atoms with Gasteiger partial charge in [-0.05, 0) is 12.8 Å². The molecule has 1 atom stereocenters. The number of ether oxygens (including phenoxy) is 1. The van der Waals surface area contributed by atoms with Crippen molar-refractivity contribution < 1.29 is 14.3 Å². The van der Waals surface area contributed by atoms with Crippen LogP contribution in [-0.4, -0.2) is 44.2 Å². The molecule has 4 N–H and O–H groups in total. The van der Waals surface area contributed by atoms with Crippen LogP contribution in [0.5, 0.6) is 0 Å². The van der Waals surface area contributed by atoms with Gasteiger partial charge >= 0.3 is 0 Å². The molecule has 1 saturated heterocycles. The van der Waals surface area contributed by atoms with Crippen LogP contribution in [0.2, 0.25) is 0 Å². The SMILES string of the molecule is Cl.NC(=O)C1(CNC(=O)CC2COCCN2)CCCC1. The molecule has 0 bridgehead atoms. The van der Waals surface area contributed by atoms with Crippen LogP contribution in [0.25, 0.3) is 0 Å². The maximum Gasteiger partial charge on any atom is 0.225 e. The Morgan fingerprint density at radius 3 is 2.60 bits per heavy atom. The lowest BCUT2D eigenvalue weighted by Crippen LogP contribution is -2.48. The molecule has 0 aromatic rings.